The first kappa shape index (κ1) is 24.3. The van der Waals surface area contributed by atoms with Gasteiger partial charge < -0.3 is 24.5 Å². The van der Waals surface area contributed by atoms with Crippen LogP contribution in [0.4, 0.5) is 8.78 Å². The minimum absolute atomic E-state index is 0.0411. The number of rotatable bonds is 5. The predicted octanol–water partition coefficient (Wildman–Crippen LogP) is 4.02. The quantitative estimate of drug-likeness (QED) is 0.304. The van der Waals surface area contributed by atoms with Crippen molar-refractivity contribution in [3.05, 3.63) is 69.2 Å². The molecule has 0 atom stereocenters. The molecule has 204 valence electrons. The molecule has 0 amide bonds. The van der Waals surface area contributed by atoms with Gasteiger partial charge in [0.2, 0.25) is 0 Å². The van der Waals surface area contributed by atoms with Crippen molar-refractivity contribution in [1.29, 1.82) is 0 Å². The van der Waals surface area contributed by atoms with Crippen LogP contribution >= 0.6 is 0 Å². The summed E-state index contributed by atoms with van der Waals surface area (Å²) in [5.74, 6) is -0.467. The van der Waals surface area contributed by atoms with Crippen LogP contribution in [0.2, 0.25) is 0 Å². The van der Waals surface area contributed by atoms with Crippen LogP contribution in [-0.4, -0.2) is 55.7 Å². The molecule has 0 radical (unpaired) electrons. The molecule has 2 aromatic heterocycles. The Balaban J connectivity index is 1.27. The minimum Gasteiger partial charge on any atom is -0.506 e. The first-order chi connectivity index (χ1) is 19.3. The Labute approximate surface area is 224 Å². The van der Waals surface area contributed by atoms with Crippen molar-refractivity contribution in [3.63, 3.8) is 0 Å². The smallest absolute Gasteiger partial charge is 0.506 e. The van der Waals surface area contributed by atoms with Crippen LogP contribution in [0.15, 0.2) is 58.1 Å². The normalized spacial score (nSPS) is 16.4. The van der Waals surface area contributed by atoms with Crippen LogP contribution in [0.3, 0.4) is 0 Å². The highest BCUT2D eigenvalue weighted by atomic mass is 19.3. The van der Waals surface area contributed by atoms with E-state index in [2.05, 4.69) is 29.4 Å². The fourth-order valence-corrected chi connectivity index (χ4v) is 5.44. The van der Waals surface area contributed by atoms with Crippen molar-refractivity contribution in [2.24, 2.45) is 0 Å². The number of ether oxygens (including phenoxy) is 2. The maximum absolute atomic E-state index is 13.4. The third-order valence-electron chi connectivity index (χ3n) is 7.39. The highest BCUT2D eigenvalue weighted by molar-refractivity contribution is 5.94. The van der Waals surface area contributed by atoms with Crippen molar-refractivity contribution in [3.8, 4) is 39.6 Å². The van der Waals surface area contributed by atoms with E-state index in [1.807, 2.05) is 0 Å². The summed E-state index contributed by atoms with van der Waals surface area (Å²) in [4.78, 5) is 35.8. The van der Waals surface area contributed by atoms with Crippen LogP contribution in [-0.2, 0) is 6.54 Å². The molecule has 0 bridgehead atoms. The molecule has 1 fully saturated rings. The van der Waals surface area contributed by atoms with Gasteiger partial charge in [-0.25, -0.2) is 4.98 Å². The van der Waals surface area contributed by atoms with E-state index in [9.17, 15) is 23.5 Å². The minimum atomic E-state index is -3.75. The SMILES string of the molecule is O=c1[nH]c2cc(-c3ccc4c(c3)OC(F)(F)O4)cc(O)c2nc1-c1cccc2c(=O)n(CCN3CCCC3)[nH]c12. The predicted molar refractivity (Wildman–Crippen MR) is 143 cm³/mol. The lowest BCUT2D eigenvalue weighted by molar-refractivity contribution is -0.286. The molecular weight excluding hydrogens is 524 g/mol. The van der Waals surface area contributed by atoms with Gasteiger partial charge in [0.15, 0.2) is 11.5 Å². The monoisotopic (exact) mass is 547 g/mol. The first-order valence-corrected chi connectivity index (χ1v) is 12.9. The van der Waals surface area contributed by atoms with E-state index in [1.165, 1.54) is 24.3 Å². The molecule has 2 aliphatic heterocycles. The summed E-state index contributed by atoms with van der Waals surface area (Å²) in [5, 5.41) is 14.4. The molecule has 1 saturated heterocycles. The number of nitrogens with one attached hydrogen (secondary N) is 2. The average Bonchev–Trinajstić information content (AvgIpc) is 3.63. The number of aromatic amines is 2. The third-order valence-corrected chi connectivity index (χ3v) is 7.39. The number of aromatic hydroxyl groups is 1. The molecule has 12 heteroatoms. The number of aromatic nitrogens is 4. The van der Waals surface area contributed by atoms with Crippen LogP contribution in [0.5, 0.6) is 17.2 Å². The number of likely N-dealkylation sites (tertiary alicyclic amines) is 1. The van der Waals surface area contributed by atoms with E-state index in [4.69, 9.17) is 0 Å². The second-order valence-electron chi connectivity index (χ2n) is 9.98. The molecule has 40 heavy (non-hydrogen) atoms. The first-order valence-electron chi connectivity index (χ1n) is 12.9. The number of phenols is 1. The highest BCUT2D eigenvalue weighted by Gasteiger charge is 2.43. The van der Waals surface area contributed by atoms with Crippen LogP contribution in [0, 0.1) is 0 Å². The summed E-state index contributed by atoms with van der Waals surface area (Å²) in [6.07, 6.45) is -1.43. The summed E-state index contributed by atoms with van der Waals surface area (Å²) in [7, 11) is 0. The maximum atomic E-state index is 13.4. The molecule has 0 aliphatic carbocycles. The van der Waals surface area contributed by atoms with Crippen LogP contribution in [0.25, 0.3) is 44.3 Å². The van der Waals surface area contributed by atoms with Crippen LogP contribution < -0.4 is 20.6 Å². The Morgan fingerprint density at radius 3 is 2.60 bits per heavy atom. The Hall–Kier alpha value is -4.71. The van der Waals surface area contributed by atoms with E-state index in [-0.39, 0.29) is 39.5 Å². The van der Waals surface area contributed by atoms with E-state index in [1.54, 1.807) is 28.9 Å². The van der Waals surface area contributed by atoms with Crippen LogP contribution in [0.1, 0.15) is 12.8 Å². The van der Waals surface area contributed by atoms with E-state index >= 15 is 0 Å². The van der Waals surface area contributed by atoms with Gasteiger partial charge in [-0.15, -0.1) is 8.78 Å². The van der Waals surface area contributed by atoms with Crippen molar-refractivity contribution in [2.75, 3.05) is 19.6 Å². The second kappa shape index (κ2) is 8.91. The zero-order valence-corrected chi connectivity index (χ0v) is 21.0. The van der Waals surface area contributed by atoms with Gasteiger partial charge in [0.25, 0.3) is 11.1 Å². The molecule has 5 aromatic rings. The summed E-state index contributed by atoms with van der Waals surface area (Å²) in [6, 6.07) is 12.3. The molecule has 3 aromatic carbocycles. The lowest BCUT2D eigenvalue weighted by atomic mass is 10.0. The number of nitrogens with zero attached hydrogens (tertiary/aromatic N) is 3. The summed E-state index contributed by atoms with van der Waals surface area (Å²) in [5.41, 5.74) is 1.54. The summed E-state index contributed by atoms with van der Waals surface area (Å²) in [6.45, 7) is 3.28. The van der Waals surface area contributed by atoms with E-state index in [0.29, 0.717) is 34.1 Å². The zero-order valence-electron chi connectivity index (χ0n) is 21.0. The average molecular weight is 548 g/mol. The number of hydrogen-bond acceptors (Lipinski definition) is 7. The molecule has 3 N–H and O–H groups in total. The lowest BCUT2D eigenvalue weighted by Gasteiger charge is -2.13. The molecule has 0 saturated carbocycles. The molecule has 7 rings (SSSR count). The van der Waals surface area contributed by atoms with E-state index < -0.39 is 11.9 Å². The van der Waals surface area contributed by atoms with Crippen molar-refractivity contribution in [1.82, 2.24) is 24.6 Å². The Kier molecular flexibility index (Phi) is 5.42. The van der Waals surface area contributed by atoms with Crippen molar-refractivity contribution < 1.29 is 23.4 Å². The lowest BCUT2D eigenvalue weighted by Crippen LogP contribution is -2.28. The highest BCUT2D eigenvalue weighted by Crippen LogP contribution is 2.43. The molecule has 0 spiro atoms. The van der Waals surface area contributed by atoms with Gasteiger partial charge in [0.1, 0.15) is 17.0 Å². The number of para-hydroxylation sites is 1. The maximum Gasteiger partial charge on any atom is 0.586 e. The fourth-order valence-electron chi connectivity index (χ4n) is 5.44. The summed E-state index contributed by atoms with van der Waals surface area (Å²) >= 11 is 0. The molecule has 10 nitrogen and oxygen atoms in total. The zero-order chi connectivity index (χ0) is 27.6. The fraction of sp³-hybridized carbons (Fsp3) is 0.250. The van der Waals surface area contributed by atoms with Gasteiger partial charge >= 0.3 is 6.29 Å². The van der Waals surface area contributed by atoms with Gasteiger partial charge in [-0.2, -0.15) is 0 Å². The Bertz CT molecular complexity index is 1920. The summed E-state index contributed by atoms with van der Waals surface area (Å²) < 4.78 is 37.4. The van der Waals surface area contributed by atoms with Crippen molar-refractivity contribution >= 4 is 21.9 Å². The van der Waals surface area contributed by atoms with Gasteiger partial charge in [0, 0.05) is 12.1 Å². The van der Waals surface area contributed by atoms with Gasteiger partial charge in [-0.05, 0) is 67.4 Å². The molecule has 0 unspecified atom stereocenters. The molecular formula is C28H23F2N5O5. The number of fused-ring (bicyclic) bond motifs is 3. The number of halogens is 2. The van der Waals surface area contributed by atoms with Gasteiger partial charge in [0.05, 0.1) is 23.0 Å². The topological polar surface area (TPSA) is 125 Å². The second-order valence-corrected chi connectivity index (χ2v) is 9.98. The standard InChI is InChI=1S/C28H23F2N5O5/c29-28(30)39-21-7-6-15(14-22(21)40-28)16-12-19-25(20(36)13-16)32-24(26(37)31-19)17-4-3-5-18-23(17)33-35(27(18)38)11-10-34-8-1-2-9-34/h3-7,12-14,33,36H,1-2,8-11H2,(H,31,37). The van der Waals surface area contributed by atoms with E-state index in [0.717, 1.165) is 32.5 Å². The molecule has 2 aliphatic rings. The number of H-pyrrole nitrogens is 2. The number of benzene rings is 3. The number of hydrogen-bond donors (Lipinski definition) is 3. The number of phenolic OH excluding ortho intramolecular Hbond substituents is 1. The van der Waals surface area contributed by atoms with Crippen molar-refractivity contribution in [2.45, 2.75) is 25.7 Å². The Morgan fingerprint density at radius 1 is 0.975 bits per heavy atom. The largest absolute Gasteiger partial charge is 0.586 e. The number of alkyl halides is 2. The van der Waals surface area contributed by atoms with Gasteiger partial charge in [-0.3, -0.25) is 19.4 Å². The molecule has 4 heterocycles. The Morgan fingerprint density at radius 2 is 1.77 bits per heavy atom. The van der Waals surface area contributed by atoms with Gasteiger partial charge in [-0.1, -0.05) is 18.2 Å². The third kappa shape index (κ3) is 4.08.